The Balaban J connectivity index is 1.63. The number of amides is 1. The molecule has 0 saturated carbocycles. The molecular weight excluding hydrogens is 476 g/mol. The fourth-order valence-corrected chi connectivity index (χ4v) is 4.83. The minimum Gasteiger partial charge on any atom is -0.507 e. The number of aliphatic hydroxyl groups excluding tert-OH is 1. The maximum Gasteiger partial charge on any atom is 0.295 e. The van der Waals surface area contributed by atoms with Crippen LogP contribution in [-0.2, 0) is 16.2 Å². The zero-order chi connectivity index (χ0) is 27.2. The maximum atomic E-state index is 13.3. The number of aryl methyl sites for hydroxylation is 2. The van der Waals surface area contributed by atoms with Crippen molar-refractivity contribution >= 4 is 17.4 Å². The first-order chi connectivity index (χ1) is 18.3. The number of rotatable bonds is 10. The van der Waals surface area contributed by atoms with E-state index in [1.807, 2.05) is 56.3 Å². The molecule has 0 aliphatic carbocycles. The Morgan fingerprint density at radius 1 is 0.921 bits per heavy atom. The van der Waals surface area contributed by atoms with E-state index in [1.54, 1.807) is 29.2 Å². The molecule has 1 fully saturated rings. The highest BCUT2D eigenvalue weighted by Gasteiger charge is 2.45. The lowest BCUT2D eigenvalue weighted by molar-refractivity contribution is -0.140. The van der Waals surface area contributed by atoms with Crippen LogP contribution in [0.1, 0.15) is 47.7 Å². The molecule has 198 valence electrons. The number of ether oxygens (including phenoxy) is 1. The van der Waals surface area contributed by atoms with E-state index in [0.717, 1.165) is 29.8 Å². The molecule has 1 atom stereocenters. The second-order valence-corrected chi connectivity index (χ2v) is 9.73. The summed E-state index contributed by atoms with van der Waals surface area (Å²) in [4.78, 5) is 30.3. The fourth-order valence-electron chi connectivity index (χ4n) is 4.83. The van der Waals surface area contributed by atoms with Crippen molar-refractivity contribution in [2.45, 2.75) is 40.3 Å². The molecule has 1 unspecified atom stereocenters. The Morgan fingerprint density at radius 3 is 2.24 bits per heavy atom. The molecule has 0 radical (unpaired) electrons. The summed E-state index contributed by atoms with van der Waals surface area (Å²) in [5, 5.41) is 11.3. The van der Waals surface area contributed by atoms with Gasteiger partial charge in [-0.15, -0.1) is 0 Å². The molecule has 6 nitrogen and oxygen atoms in total. The third-order valence-electron chi connectivity index (χ3n) is 7.10. The molecule has 6 heteroatoms. The van der Waals surface area contributed by atoms with Gasteiger partial charge < -0.3 is 19.6 Å². The van der Waals surface area contributed by atoms with Gasteiger partial charge in [-0.3, -0.25) is 9.59 Å². The molecule has 1 N–H and O–H groups in total. The average molecular weight is 513 g/mol. The van der Waals surface area contributed by atoms with Crippen molar-refractivity contribution in [2.75, 3.05) is 26.2 Å². The second kappa shape index (κ2) is 12.1. The van der Waals surface area contributed by atoms with Crippen LogP contribution in [0.2, 0.25) is 0 Å². The van der Waals surface area contributed by atoms with Crippen LogP contribution >= 0.6 is 0 Å². The molecule has 0 spiro atoms. The number of carbonyl (C=O) groups is 2. The number of aliphatic hydroxyl groups is 1. The van der Waals surface area contributed by atoms with Gasteiger partial charge in [0.25, 0.3) is 11.7 Å². The standard InChI is InChI=1S/C32H36N2O4/c1-5-33(6-2)18-19-34-29(25-12-10-22(3)11-13-25)28(31(36)32(34)37)30(35)26-14-16-27(17-15-26)38-21-24-9-7-8-23(4)20-24/h7-17,20,29,35H,5-6,18-19,21H2,1-4H3/b30-28+. The maximum absolute atomic E-state index is 13.3. The number of carbonyl (C=O) groups excluding carboxylic acids is 2. The second-order valence-electron chi connectivity index (χ2n) is 9.73. The molecule has 1 aliphatic rings. The number of hydrogen-bond acceptors (Lipinski definition) is 5. The number of benzene rings is 3. The topological polar surface area (TPSA) is 70.1 Å². The number of hydrogen-bond donors (Lipinski definition) is 1. The first-order valence-electron chi connectivity index (χ1n) is 13.2. The normalized spacial score (nSPS) is 16.9. The first-order valence-corrected chi connectivity index (χ1v) is 13.2. The van der Waals surface area contributed by atoms with Crippen molar-refractivity contribution in [3.8, 4) is 5.75 Å². The third kappa shape index (κ3) is 5.97. The highest BCUT2D eigenvalue weighted by atomic mass is 16.5. The van der Waals surface area contributed by atoms with Crippen molar-refractivity contribution in [1.82, 2.24) is 9.80 Å². The Labute approximate surface area is 225 Å². The molecule has 3 aromatic carbocycles. The lowest BCUT2D eigenvalue weighted by atomic mass is 9.94. The van der Waals surface area contributed by atoms with Gasteiger partial charge >= 0.3 is 0 Å². The van der Waals surface area contributed by atoms with Crippen molar-refractivity contribution in [1.29, 1.82) is 0 Å². The number of likely N-dealkylation sites (tertiary alicyclic amines) is 1. The predicted octanol–water partition coefficient (Wildman–Crippen LogP) is 5.65. The molecule has 1 amide bonds. The van der Waals surface area contributed by atoms with Gasteiger partial charge in [-0.25, -0.2) is 0 Å². The number of likely N-dealkylation sites (N-methyl/N-ethyl adjacent to an activating group) is 1. The highest BCUT2D eigenvalue weighted by Crippen LogP contribution is 2.39. The van der Waals surface area contributed by atoms with Crippen molar-refractivity contribution in [3.05, 3.63) is 106 Å². The average Bonchev–Trinajstić information content (AvgIpc) is 3.18. The fraction of sp³-hybridized carbons (Fsp3) is 0.312. The van der Waals surface area contributed by atoms with Gasteiger partial charge in [0.15, 0.2) is 0 Å². The Bertz CT molecular complexity index is 1310. The van der Waals surface area contributed by atoms with Crippen LogP contribution in [0.4, 0.5) is 0 Å². The van der Waals surface area contributed by atoms with Crippen molar-refractivity contribution < 1.29 is 19.4 Å². The van der Waals surface area contributed by atoms with E-state index in [2.05, 4.69) is 24.8 Å². The van der Waals surface area contributed by atoms with Gasteiger partial charge in [0, 0.05) is 18.7 Å². The summed E-state index contributed by atoms with van der Waals surface area (Å²) in [6, 6.07) is 22.2. The molecule has 0 aromatic heterocycles. The summed E-state index contributed by atoms with van der Waals surface area (Å²) in [7, 11) is 0. The molecule has 0 bridgehead atoms. The van der Waals surface area contributed by atoms with Crippen LogP contribution in [0.3, 0.4) is 0 Å². The van der Waals surface area contributed by atoms with Crippen LogP contribution in [0.15, 0.2) is 78.4 Å². The van der Waals surface area contributed by atoms with E-state index in [4.69, 9.17) is 4.74 Å². The van der Waals surface area contributed by atoms with Crippen molar-refractivity contribution in [2.24, 2.45) is 0 Å². The van der Waals surface area contributed by atoms with Crippen LogP contribution in [-0.4, -0.2) is 52.8 Å². The number of ketones is 1. The lowest BCUT2D eigenvalue weighted by Gasteiger charge is -2.28. The monoisotopic (exact) mass is 512 g/mol. The summed E-state index contributed by atoms with van der Waals surface area (Å²) < 4.78 is 5.91. The Morgan fingerprint density at radius 2 is 1.61 bits per heavy atom. The quantitative estimate of drug-likeness (QED) is 0.216. The summed E-state index contributed by atoms with van der Waals surface area (Å²) in [6.07, 6.45) is 0. The van der Waals surface area contributed by atoms with Crippen LogP contribution in [0.25, 0.3) is 5.76 Å². The molecule has 1 heterocycles. The summed E-state index contributed by atoms with van der Waals surface area (Å²) in [5.41, 5.74) is 4.70. The van der Waals surface area contributed by atoms with Gasteiger partial charge in [-0.05, 0) is 62.3 Å². The minimum absolute atomic E-state index is 0.117. The molecule has 1 aliphatic heterocycles. The predicted molar refractivity (Wildman–Crippen MR) is 150 cm³/mol. The van der Waals surface area contributed by atoms with Gasteiger partial charge in [0.2, 0.25) is 0 Å². The van der Waals surface area contributed by atoms with Crippen LogP contribution < -0.4 is 4.74 Å². The lowest BCUT2D eigenvalue weighted by Crippen LogP contribution is -2.38. The molecule has 1 saturated heterocycles. The van der Waals surface area contributed by atoms with Gasteiger partial charge in [0.1, 0.15) is 18.1 Å². The molecular formula is C32H36N2O4. The SMILES string of the molecule is CCN(CC)CCN1C(=O)C(=O)/C(=C(/O)c2ccc(OCc3cccc(C)c3)cc2)C1c1ccc(C)cc1. The molecule has 3 aromatic rings. The van der Waals surface area contributed by atoms with E-state index in [0.29, 0.717) is 31.0 Å². The zero-order valence-corrected chi connectivity index (χ0v) is 22.6. The number of nitrogens with zero attached hydrogens (tertiary/aromatic N) is 2. The van der Waals surface area contributed by atoms with Crippen molar-refractivity contribution in [3.63, 3.8) is 0 Å². The van der Waals surface area contributed by atoms with Gasteiger partial charge in [-0.1, -0.05) is 73.5 Å². The van der Waals surface area contributed by atoms with Crippen LogP contribution in [0, 0.1) is 13.8 Å². The summed E-state index contributed by atoms with van der Waals surface area (Å²) >= 11 is 0. The molecule has 4 rings (SSSR count). The van der Waals surface area contributed by atoms with E-state index in [1.165, 1.54) is 5.56 Å². The summed E-state index contributed by atoms with van der Waals surface area (Å²) in [5.74, 6) is -0.767. The first kappa shape index (κ1) is 27.1. The smallest absolute Gasteiger partial charge is 0.295 e. The van der Waals surface area contributed by atoms with E-state index in [9.17, 15) is 14.7 Å². The minimum atomic E-state index is -0.660. The third-order valence-corrected chi connectivity index (χ3v) is 7.10. The van der Waals surface area contributed by atoms with E-state index < -0.39 is 17.7 Å². The Hall–Kier alpha value is -3.90. The van der Waals surface area contributed by atoms with Crippen LogP contribution in [0.5, 0.6) is 5.75 Å². The Kier molecular flexibility index (Phi) is 8.64. The highest BCUT2D eigenvalue weighted by molar-refractivity contribution is 6.46. The van der Waals surface area contributed by atoms with E-state index in [-0.39, 0.29) is 11.3 Å². The largest absolute Gasteiger partial charge is 0.507 e. The van der Waals surface area contributed by atoms with E-state index >= 15 is 0 Å². The molecule has 38 heavy (non-hydrogen) atoms. The summed E-state index contributed by atoms with van der Waals surface area (Å²) in [6.45, 7) is 11.4. The zero-order valence-electron chi connectivity index (χ0n) is 22.6. The van der Waals surface area contributed by atoms with Gasteiger partial charge in [0.05, 0.1) is 11.6 Å². The van der Waals surface area contributed by atoms with Gasteiger partial charge in [-0.2, -0.15) is 0 Å². The number of Topliss-reactive ketones (excluding diaryl/α,β-unsaturated/α-hetero) is 1.